The maximum Gasteiger partial charge on any atom is 0.314 e. The third kappa shape index (κ3) is 3.21. The molecule has 1 aliphatic rings. The van der Waals surface area contributed by atoms with Gasteiger partial charge in [-0.1, -0.05) is 66.7 Å². The second-order valence-corrected chi connectivity index (χ2v) is 7.69. The molecule has 0 radical (unpaired) electrons. The molecule has 4 aromatic rings. The van der Waals surface area contributed by atoms with Crippen LogP contribution in [0.5, 0.6) is 5.75 Å². The molecule has 1 aliphatic carbocycles. The Morgan fingerprint density at radius 2 is 1.61 bits per heavy atom. The first-order valence-corrected chi connectivity index (χ1v) is 10.3. The number of carbonyl (C=O) groups excluding carboxylic acids is 1. The molecule has 154 valence electrons. The predicted molar refractivity (Wildman–Crippen MR) is 121 cm³/mol. The lowest BCUT2D eigenvalue weighted by molar-refractivity contribution is -0.142. The van der Waals surface area contributed by atoms with Gasteiger partial charge in [-0.05, 0) is 28.8 Å². The summed E-state index contributed by atoms with van der Waals surface area (Å²) in [5, 5.41) is 0. The van der Waals surface area contributed by atoms with E-state index in [1.807, 2.05) is 54.7 Å². The highest BCUT2D eigenvalue weighted by Gasteiger charge is 2.38. The molecule has 31 heavy (non-hydrogen) atoms. The molecular weight excluding hydrogens is 386 g/mol. The summed E-state index contributed by atoms with van der Waals surface area (Å²) in [6, 6.07) is 26.5. The van der Waals surface area contributed by atoms with E-state index in [1.54, 1.807) is 7.11 Å². The number of allylic oxidation sites excluding steroid dienone is 1. The van der Waals surface area contributed by atoms with Crippen molar-refractivity contribution in [2.24, 2.45) is 0 Å². The number of benzene rings is 2. The Labute approximate surface area is 181 Å². The van der Waals surface area contributed by atoms with Crippen LogP contribution >= 0.6 is 0 Å². The Morgan fingerprint density at radius 1 is 0.903 bits per heavy atom. The van der Waals surface area contributed by atoms with Crippen molar-refractivity contribution >= 4 is 17.1 Å². The highest BCUT2D eigenvalue weighted by molar-refractivity contribution is 5.92. The number of rotatable bonds is 4. The highest BCUT2D eigenvalue weighted by atomic mass is 16.5. The number of hydrogen-bond donors (Lipinski definition) is 0. The molecule has 4 nitrogen and oxygen atoms in total. The summed E-state index contributed by atoms with van der Waals surface area (Å²) < 4.78 is 12.8. The van der Waals surface area contributed by atoms with E-state index in [0.29, 0.717) is 0 Å². The van der Waals surface area contributed by atoms with Crippen LogP contribution in [0.3, 0.4) is 0 Å². The van der Waals surface area contributed by atoms with Crippen LogP contribution in [0, 0.1) is 0 Å². The third-order valence-electron chi connectivity index (χ3n) is 6.03. The summed E-state index contributed by atoms with van der Waals surface area (Å²) in [4.78, 5) is 13.1. The first-order valence-electron chi connectivity index (χ1n) is 10.3. The molecule has 2 aromatic carbocycles. The van der Waals surface area contributed by atoms with E-state index in [1.165, 1.54) is 7.11 Å². The number of aromatic nitrogens is 1. The number of pyridine rings is 1. The minimum Gasteiger partial charge on any atom is -0.497 e. The van der Waals surface area contributed by atoms with Crippen molar-refractivity contribution in [2.45, 2.75) is 11.8 Å². The molecule has 0 saturated carbocycles. The Balaban J connectivity index is 1.82. The van der Waals surface area contributed by atoms with Gasteiger partial charge in [0.25, 0.3) is 0 Å². The van der Waals surface area contributed by atoms with Gasteiger partial charge in [0, 0.05) is 29.3 Å². The molecule has 0 aliphatic heterocycles. The maximum atomic E-state index is 13.1. The van der Waals surface area contributed by atoms with Gasteiger partial charge in [-0.2, -0.15) is 0 Å². The molecule has 2 atom stereocenters. The minimum absolute atomic E-state index is 0.129. The summed E-state index contributed by atoms with van der Waals surface area (Å²) in [6.07, 6.45) is 4.21. The van der Waals surface area contributed by atoms with Gasteiger partial charge in [0.1, 0.15) is 5.75 Å². The SMILES string of the molecule is COC(=O)[C@H]1c2cc3cc(OC)ccn3c2C(c2ccccc2)=C[C@@H]1c1ccccc1. The fraction of sp³-hybridized carbons (Fsp3) is 0.148. The molecule has 0 bridgehead atoms. The Hall–Kier alpha value is -3.79. The van der Waals surface area contributed by atoms with Crippen molar-refractivity contribution in [1.29, 1.82) is 0 Å². The van der Waals surface area contributed by atoms with Gasteiger partial charge in [-0.15, -0.1) is 0 Å². The van der Waals surface area contributed by atoms with E-state index in [0.717, 1.165) is 39.2 Å². The molecule has 2 heterocycles. The normalized spacial score (nSPS) is 17.7. The van der Waals surface area contributed by atoms with Gasteiger partial charge in [0.15, 0.2) is 0 Å². The van der Waals surface area contributed by atoms with Gasteiger partial charge >= 0.3 is 5.97 Å². The third-order valence-corrected chi connectivity index (χ3v) is 6.03. The molecular formula is C27H23NO3. The van der Waals surface area contributed by atoms with Crippen LogP contribution in [0.15, 0.2) is 91.1 Å². The van der Waals surface area contributed by atoms with Crippen LogP contribution < -0.4 is 4.74 Å². The summed E-state index contributed by atoms with van der Waals surface area (Å²) in [5.41, 5.74) is 6.28. The van der Waals surface area contributed by atoms with Crippen LogP contribution in [0.1, 0.15) is 34.2 Å². The number of nitrogens with zero attached hydrogens (tertiary/aromatic N) is 1. The zero-order valence-corrected chi connectivity index (χ0v) is 17.5. The molecule has 4 heteroatoms. The van der Waals surface area contributed by atoms with Gasteiger partial charge in [0.2, 0.25) is 0 Å². The molecule has 2 aromatic heterocycles. The lowest BCUT2D eigenvalue weighted by atomic mass is 9.74. The molecule has 5 rings (SSSR count). The largest absolute Gasteiger partial charge is 0.497 e. The zero-order valence-electron chi connectivity index (χ0n) is 17.5. The van der Waals surface area contributed by atoms with E-state index in [4.69, 9.17) is 9.47 Å². The van der Waals surface area contributed by atoms with Gasteiger partial charge in [-0.3, -0.25) is 4.79 Å². The second kappa shape index (κ2) is 7.80. The number of fused-ring (bicyclic) bond motifs is 3. The summed E-state index contributed by atoms with van der Waals surface area (Å²) in [5.74, 6) is -0.0143. The average molecular weight is 409 g/mol. The topological polar surface area (TPSA) is 39.9 Å². The lowest BCUT2D eigenvalue weighted by Gasteiger charge is -2.30. The van der Waals surface area contributed by atoms with Crippen molar-refractivity contribution in [1.82, 2.24) is 4.40 Å². The van der Waals surface area contributed by atoms with Crippen LogP contribution in [0.25, 0.3) is 11.1 Å². The van der Waals surface area contributed by atoms with Crippen LogP contribution in [0.4, 0.5) is 0 Å². The molecule has 0 spiro atoms. The fourth-order valence-electron chi connectivity index (χ4n) is 4.59. The van der Waals surface area contributed by atoms with Gasteiger partial charge < -0.3 is 13.9 Å². The maximum absolute atomic E-state index is 13.1. The van der Waals surface area contributed by atoms with Crippen molar-refractivity contribution in [3.8, 4) is 5.75 Å². The quantitative estimate of drug-likeness (QED) is 0.422. The minimum atomic E-state index is -0.430. The molecule has 0 unspecified atom stereocenters. The van der Waals surface area contributed by atoms with Crippen LogP contribution in [0.2, 0.25) is 0 Å². The number of carbonyl (C=O) groups is 1. The van der Waals surface area contributed by atoms with E-state index >= 15 is 0 Å². The molecule has 0 saturated heterocycles. The predicted octanol–water partition coefficient (Wildman–Crippen LogP) is 5.43. The van der Waals surface area contributed by atoms with E-state index < -0.39 is 5.92 Å². The smallest absolute Gasteiger partial charge is 0.314 e. The second-order valence-electron chi connectivity index (χ2n) is 7.69. The van der Waals surface area contributed by atoms with Gasteiger partial charge in [-0.25, -0.2) is 0 Å². The first kappa shape index (κ1) is 19.2. The number of hydrogen-bond acceptors (Lipinski definition) is 3. The average Bonchev–Trinajstić information content (AvgIpc) is 3.22. The summed E-state index contributed by atoms with van der Waals surface area (Å²) in [6.45, 7) is 0. The summed E-state index contributed by atoms with van der Waals surface area (Å²) >= 11 is 0. The van der Waals surface area contributed by atoms with Crippen LogP contribution in [-0.4, -0.2) is 24.6 Å². The molecule has 0 fully saturated rings. The van der Waals surface area contributed by atoms with Crippen molar-refractivity contribution in [3.63, 3.8) is 0 Å². The van der Waals surface area contributed by atoms with Crippen molar-refractivity contribution in [2.75, 3.05) is 14.2 Å². The molecule has 0 amide bonds. The molecule has 0 N–H and O–H groups in total. The highest BCUT2D eigenvalue weighted by Crippen LogP contribution is 2.47. The fourth-order valence-corrected chi connectivity index (χ4v) is 4.59. The van der Waals surface area contributed by atoms with Gasteiger partial charge in [0.05, 0.1) is 25.8 Å². The number of methoxy groups -OCH3 is 2. The zero-order chi connectivity index (χ0) is 21.4. The van der Waals surface area contributed by atoms with Crippen molar-refractivity contribution < 1.29 is 14.3 Å². The number of esters is 1. The van der Waals surface area contributed by atoms with E-state index in [-0.39, 0.29) is 11.9 Å². The van der Waals surface area contributed by atoms with Crippen LogP contribution in [-0.2, 0) is 9.53 Å². The summed E-state index contributed by atoms with van der Waals surface area (Å²) in [7, 11) is 3.12. The first-order chi connectivity index (χ1) is 15.2. The van der Waals surface area contributed by atoms with E-state index in [2.05, 4.69) is 40.8 Å². The number of ether oxygens (including phenoxy) is 2. The van der Waals surface area contributed by atoms with Crippen molar-refractivity contribution in [3.05, 3.63) is 114 Å². The Bertz CT molecular complexity index is 1270. The monoisotopic (exact) mass is 409 g/mol. The lowest BCUT2D eigenvalue weighted by Crippen LogP contribution is -2.25. The standard InChI is InChI=1S/C27H23NO3/c1-30-21-13-14-28-20(15-21)16-24-25(27(29)31-2)22(18-9-5-3-6-10-18)17-23(26(24)28)19-11-7-4-8-12-19/h3-17,22,25H,1-2H3/t22-,25-/m1/s1. The Kier molecular flexibility index (Phi) is 4.83. The Morgan fingerprint density at radius 3 is 2.29 bits per heavy atom. The van der Waals surface area contributed by atoms with E-state index in [9.17, 15) is 4.79 Å².